The number of aromatic nitrogens is 4. The van der Waals surface area contributed by atoms with E-state index in [-0.39, 0.29) is 0 Å². The van der Waals surface area contributed by atoms with Crippen LogP contribution in [0.4, 0.5) is 0 Å². The van der Waals surface area contributed by atoms with Gasteiger partial charge in [-0.05, 0) is 29.8 Å². The van der Waals surface area contributed by atoms with Gasteiger partial charge in [-0.3, -0.25) is 4.98 Å². The van der Waals surface area contributed by atoms with Gasteiger partial charge >= 0.3 is 0 Å². The summed E-state index contributed by atoms with van der Waals surface area (Å²) in [5, 5.41) is 0. The van der Waals surface area contributed by atoms with Crippen LogP contribution in [0.25, 0.3) is 34.4 Å². The molecule has 0 bridgehead atoms. The van der Waals surface area contributed by atoms with E-state index in [1.165, 1.54) is 0 Å². The number of aromatic amines is 1. The number of hydrogen-bond donors (Lipinski definition) is 1. The highest BCUT2D eigenvalue weighted by Gasteiger charge is 2.01. The molecule has 4 rings (SSSR count). The van der Waals surface area contributed by atoms with Crippen LogP contribution in [-0.4, -0.2) is 19.9 Å². The molecule has 0 saturated heterocycles. The first-order valence-corrected chi connectivity index (χ1v) is 7.39. The van der Waals surface area contributed by atoms with Crippen molar-refractivity contribution in [2.75, 3.05) is 0 Å². The molecule has 23 heavy (non-hydrogen) atoms. The van der Waals surface area contributed by atoms with E-state index >= 15 is 0 Å². The number of benzene rings is 2. The Labute approximate surface area is 133 Å². The van der Waals surface area contributed by atoms with Gasteiger partial charge in [-0.25, -0.2) is 9.97 Å². The number of imidazole rings is 1. The van der Waals surface area contributed by atoms with Crippen molar-refractivity contribution in [2.24, 2.45) is 0 Å². The van der Waals surface area contributed by atoms with E-state index in [1.807, 2.05) is 60.8 Å². The summed E-state index contributed by atoms with van der Waals surface area (Å²) >= 11 is 0. The molecular weight excluding hydrogens is 284 g/mol. The monoisotopic (exact) mass is 298 g/mol. The Balaban J connectivity index is 1.59. The third-order valence-electron chi connectivity index (χ3n) is 3.56. The lowest BCUT2D eigenvalue weighted by Gasteiger charge is -1.97. The van der Waals surface area contributed by atoms with Gasteiger partial charge in [0, 0.05) is 0 Å². The van der Waals surface area contributed by atoms with Crippen molar-refractivity contribution >= 4 is 23.2 Å². The maximum atomic E-state index is 4.56. The second-order valence-electron chi connectivity index (χ2n) is 5.17. The van der Waals surface area contributed by atoms with Crippen LogP contribution in [0.2, 0.25) is 0 Å². The van der Waals surface area contributed by atoms with Crippen molar-refractivity contribution in [2.45, 2.75) is 0 Å². The largest absolute Gasteiger partial charge is 0.338 e. The van der Waals surface area contributed by atoms with Gasteiger partial charge in [0.2, 0.25) is 0 Å². The number of fused-ring (bicyclic) bond motifs is 1. The predicted molar refractivity (Wildman–Crippen MR) is 92.5 cm³/mol. The van der Waals surface area contributed by atoms with Gasteiger partial charge in [0.25, 0.3) is 0 Å². The molecule has 4 aromatic rings. The molecule has 1 N–H and O–H groups in total. The minimum atomic E-state index is 0.791. The fourth-order valence-electron chi connectivity index (χ4n) is 2.40. The number of rotatable bonds is 3. The number of H-pyrrole nitrogens is 1. The molecule has 4 heteroatoms. The summed E-state index contributed by atoms with van der Waals surface area (Å²) in [6, 6.07) is 18.0. The van der Waals surface area contributed by atoms with Crippen LogP contribution in [0.15, 0.2) is 67.0 Å². The Morgan fingerprint density at radius 3 is 2.39 bits per heavy atom. The second-order valence-corrected chi connectivity index (χ2v) is 5.17. The highest BCUT2D eigenvalue weighted by atomic mass is 14.9. The quantitative estimate of drug-likeness (QED) is 0.617. The van der Waals surface area contributed by atoms with Crippen molar-refractivity contribution in [1.29, 1.82) is 0 Å². The van der Waals surface area contributed by atoms with E-state index in [2.05, 4.69) is 32.1 Å². The van der Waals surface area contributed by atoms with Crippen LogP contribution in [0.1, 0.15) is 11.5 Å². The molecule has 0 aliphatic heterocycles. The average molecular weight is 298 g/mol. The lowest BCUT2D eigenvalue weighted by Crippen LogP contribution is -1.86. The SMILES string of the molecule is C(=C/c1ncc(-c2ccccc2)[nH]1)/c1cnc2ccccc2n1. The summed E-state index contributed by atoms with van der Waals surface area (Å²) in [7, 11) is 0. The van der Waals surface area contributed by atoms with Crippen LogP contribution in [0.5, 0.6) is 0 Å². The zero-order chi connectivity index (χ0) is 15.5. The third kappa shape index (κ3) is 2.87. The van der Waals surface area contributed by atoms with E-state index in [4.69, 9.17) is 0 Å². The molecule has 2 heterocycles. The van der Waals surface area contributed by atoms with Gasteiger partial charge in [-0.1, -0.05) is 42.5 Å². The number of para-hydroxylation sites is 2. The molecule has 0 saturated carbocycles. The fourth-order valence-corrected chi connectivity index (χ4v) is 2.40. The van der Waals surface area contributed by atoms with Gasteiger partial charge in [0.15, 0.2) is 0 Å². The van der Waals surface area contributed by atoms with Crippen LogP contribution in [-0.2, 0) is 0 Å². The summed E-state index contributed by atoms with van der Waals surface area (Å²) < 4.78 is 0. The molecule has 0 fully saturated rings. The summed E-state index contributed by atoms with van der Waals surface area (Å²) in [6.45, 7) is 0. The second kappa shape index (κ2) is 5.85. The van der Waals surface area contributed by atoms with Crippen LogP contribution in [0, 0.1) is 0 Å². The first-order chi connectivity index (χ1) is 11.4. The molecule has 0 radical (unpaired) electrons. The molecule has 110 valence electrons. The van der Waals surface area contributed by atoms with Crippen molar-refractivity contribution in [1.82, 2.24) is 19.9 Å². The predicted octanol–water partition coefficient (Wildman–Crippen LogP) is 4.19. The first kappa shape index (κ1) is 13.4. The molecule has 0 amide bonds. The standard InChI is InChI=1S/C19H14N4/c1-2-6-14(7-3-1)18-13-21-19(23-18)11-10-15-12-20-16-8-4-5-9-17(16)22-15/h1-13H,(H,21,23)/b11-10-. The van der Waals surface area contributed by atoms with Gasteiger partial charge in [0.05, 0.1) is 34.8 Å². The minimum absolute atomic E-state index is 0.791. The van der Waals surface area contributed by atoms with Crippen LogP contribution < -0.4 is 0 Å². The highest BCUT2D eigenvalue weighted by molar-refractivity contribution is 5.76. The summed E-state index contributed by atoms with van der Waals surface area (Å²) in [4.78, 5) is 16.6. The fraction of sp³-hybridized carbons (Fsp3) is 0. The summed E-state index contributed by atoms with van der Waals surface area (Å²) in [5.74, 6) is 0.791. The number of nitrogens with one attached hydrogen (secondary N) is 1. The molecule has 0 aliphatic rings. The van der Waals surface area contributed by atoms with Crippen LogP contribution in [0.3, 0.4) is 0 Å². The Morgan fingerprint density at radius 2 is 1.52 bits per heavy atom. The van der Waals surface area contributed by atoms with Crippen molar-refractivity contribution < 1.29 is 0 Å². The zero-order valence-corrected chi connectivity index (χ0v) is 12.3. The molecule has 0 aliphatic carbocycles. The van der Waals surface area contributed by atoms with Crippen LogP contribution >= 0.6 is 0 Å². The summed E-state index contributed by atoms with van der Waals surface area (Å²) in [5.41, 5.74) is 4.70. The lowest BCUT2D eigenvalue weighted by atomic mass is 10.2. The van der Waals surface area contributed by atoms with E-state index in [1.54, 1.807) is 6.20 Å². The Hall–Kier alpha value is -3.27. The normalized spacial score (nSPS) is 11.3. The Kier molecular flexibility index (Phi) is 3.41. The molecule has 0 spiro atoms. The number of hydrogen-bond acceptors (Lipinski definition) is 3. The van der Waals surface area contributed by atoms with Gasteiger partial charge in [-0.2, -0.15) is 0 Å². The van der Waals surface area contributed by atoms with Crippen molar-refractivity contribution in [3.05, 3.63) is 78.5 Å². The van der Waals surface area contributed by atoms with Gasteiger partial charge < -0.3 is 4.98 Å². The molecule has 0 unspecified atom stereocenters. The molecular formula is C19H14N4. The maximum absolute atomic E-state index is 4.56. The van der Waals surface area contributed by atoms with E-state index in [0.29, 0.717) is 0 Å². The number of nitrogens with zero attached hydrogens (tertiary/aromatic N) is 3. The van der Waals surface area contributed by atoms with Gasteiger partial charge in [-0.15, -0.1) is 0 Å². The molecule has 0 atom stereocenters. The average Bonchev–Trinajstić information content (AvgIpc) is 3.10. The van der Waals surface area contributed by atoms with E-state index in [9.17, 15) is 0 Å². The topological polar surface area (TPSA) is 54.5 Å². The third-order valence-corrected chi connectivity index (χ3v) is 3.56. The van der Waals surface area contributed by atoms with Crippen molar-refractivity contribution in [3.8, 4) is 11.3 Å². The van der Waals surface area contributed by atoms with Gasteiger partial charge in [0.1, 0.15) is 5.82 Å². The molecule has 4 nitrogen and oxygen atoms in total. The van der Waals surface area contributed by atoms with E-state index < -0.39 is 0 Å². The molecule has 2 aromatic carbocycles. The maximum Gasteiger partial charge on any atom is 0.130 e. The lowest BCUT2D eigenvalue weighted by molar-refractivity contribution is 1.25. The van der Waals surface area contributed by atoms with Crippen molar-refractivity contribution in [3.63, 3.8) is 0 Å². The first-order valence-electron chi connectivity index (χ1n) is 7.39. The highest BCUT2D eigenvalue weighted by Crippen LogP contribution is 2.17. The van der Waals surface area contributed by atoms with E-state index in [0.717, 1.165) is 33.8 Å². The minimum Gasteiger partial charge on any atom is -0.338 e. The Bertz CT molecular complexity index is 971. The summed E-state index contributed by atoms with van der Waals surface area (Å²) in [6.07, 6.45) is 7.42. The molecule has 2 aromatic heterocycles. The zero-order valence-electron chi connectivity index (χ0n) is 12.3. The smallest absolute Gasteiger partial charge is 0.130 e. The Morgan fingerprint density at radius 1 is 0.739 bits per heavy atom.